The predicted octanol–water partition coefficient (Wildman–Crippen LogP) is 3.66. The number of para-hydroxylation sites is 2. The molecule has 27 heavy (non-hydrogen) atoms. The zero-order chi connectivity index (χ0) is 18.8. The largest absolute Gasteiger partial charge is 0.395 e. The summed E-state index contributed by atoms with van der Waals surface area (Å²) in [5.41, 5.74) is 6.16. The van der Waals surface area contributed by atoms with Crippen LogP contribution in [0.3, 0.4) is 0 Å². The van der Waals surface area contributed by atoms with Gasteiger partial charge in [-0.05, 0) is 30.2 Å². The highest BCUT2D eigenvalue weighted by Crippen LogP contribution is 2.32. The van der Waals surface area contributed by atoms with E-state index in [1.807, 2.05) is 53.8 Å². The van der Waals surface area contributed by atoms with Gasteiger partial charge < -0.3 is 10.4 Å². The Bertz CT molecular complexity index is 1160. The molecule has 4 rings (SSSR count). The molecule has 2 aromatic heterocycles. The second-order valence-electron chi connectivity index (χ2n) is 6.51. The van der Waals surface area contributed by atoms with Crippen LogP contribution in [0.4, 0.5) is 5.82 Å². The molecule has 2 heterocycles. The van der Waals surface area contributed by atoms with Gasteiger partial charge in [0.1, 0.15) is 11.9 Å². The lowest BCUT2D eigenvalue weighted by molar-refractivity contribution is 0.311. The second kappa shape index (κ2) is 7.10. The quantitative estimate of drug-likeness (QED) is 0.572. The van der Waals surface area contributed by atoms with Crippen molar-refractivity contribution in [2.75, 3.05) is 18.5 Å². The number of aromatic nitrogens is 2. The van der Waals surface area contributed by atoms with E-state index in [-0.39, 0.29) is 6.61 Å². The average molecular weight is 356 g/mol. The molecule has 0 unspecified atom stereocenters. The van der Waals surface area contributed by atoms with Crippen molar-refractivity contribution in [2.24, 2.45) is 0 Å². The third-order valence-electron chi connectivity index (χ3n) is 4.86. The van der Waals surface area contributed by atoms with Gasteiger partial charge >= 0.3 is 0 Å². The highest BCUT2D eigenvalue weighted by atomic mass is 16.3. The van der Waals surface area contributed by atoms with Crippen LogP contribution in [0.25, 0.3) is 16.7 Å². The fraction of sp³-hybridized carbons (Fsp3) is 0.182. The van der Waals surface area contributed by atoms with Crippen molar-refractivity contribution in [1.29, 1.82) is 5.26 Å². The summed E-state index contributed by atoms with van der Waals surface area (Å²) >= 11 is 0. The summed E-state index contributed by atoms with van der Waals surface area (Å²) in [4.78, 5) is 4.70. The van der Waals surface area contributed by atoms with E-state index >= 15 is 0 Å². The predicted molar refractivity (Wildman–Crippen MR) is 107 cm³/mol. The lowest BCUT2D eigenvalue weighted by atomic mass is 9.98. The molecule has 0 aliphatic rings. The molecule has 5 nitrogen and oxygen atoms in total. The number of fused-ring (bicyclic) bond motifs is 3. The van der Waals surface area contributed by atoms with E-state index in [0.29, 0.717) is 24.2 Å². The third-order valence-corrected chi connectivity index (χ3v) is 4.86. The fourth-order valence-electron chi connectivity index (χ4n) is 3.56. The molecule has 0 radical (unpaired) electrons. The SMILES string of the molecule is Cc1c(Cc2ccccc2)c(NCCO)n2c(nc3ccccc32)c1C#N. The molecule has 0 saturated heterocycles. The minimum atomic E-state index is 0.0257. The van der Waals surface area contributed by atoms with E-state index in [1.54, 1.807) is 0 Å². The number of nitrogens with zero attached hydrogens (tertiary/aromatic N) is 3. The van der Waals surface area contributed by atoms with Crippen LogP contribution >= 0.6 is 0 Å². The maximum atomic E-state index is 9.84. The summed E-state index contributed by atoms with van der Waals surface area (Å²) < 4.78 is 2.01. The molecule has 0 amide bonds. The van der Waals surface area contributed by atoms with Crippen LogP contribution < -0.4 is 5.32 Å². The van der Waals surface area contributed by atoms with Crippen molar-refractivity contribution in [3.8, 4) is 6.07 Å². The van der Waals surface area contributed by atoms with E-state index in [2.05, 4.69) is 23.5 Å². The summed E-state index contributed by atoms with van der Waals surface area (Å²) in [6.45, 7) is 2.42. The lowest BCUT2D eigenvalue weighted by Crippen LogP contribution is -2.14. The molecule has 0 fully saturated rings. The van der Waals surface area contributed by atoms with Gasteiger partial charge in [-0.15, -0.1) is 0 Å². The molecule has 134 valence electrons. The van der Waals surface area contributed by atoms with Crippen molar-refractivity contribution < 1.29 is 5.11 Å². The van der Waals surface area contributed by atoms with E-state index in [0.717, 1.165) is 28.0 Å². The first-order valence-corrected chi connectivity index (χ1v) is 8.96. The summed E-state index contributed by atoms with van der Waals surface area (Å²) in [6, 6.07) is 20.4. The smallest absolute Gasteiger partial charge is 0.157 e. The average Bonchev–Trinajstić information content (AvgIpc) is 3.08. The number of rotatable bonds is 5. The van der Waals surface area contributed by atoms with Gasteiger partial charge in [-0.2, -0.15) is 5.26 Å². The number of anilines is 1. The third kappa shape index (κ3) is 2.90. The zero-order valence-corrected chi connectivity index (χ0v) is 15.1. The Hall–Kier alpha value is -3.36. The number of pyridine rings is 1. The Morgan fingerprint density at radius 3 is 2.59 bits per heavy atom. The van der Waals surface area contributed by atoms with Gasteiger partial charge in [-0.1, -0.05) is 42.5 Å². The number of nitrogens with one attached hydrogen (secondary N) is 1. The number of nitriles is 1. The molecule has 0 spiro atoms. The van der Waals surface area contributed by atoms with Crippen LogP contribution in [0, 0.1) is 18.3 Å². The lowest BCUT2D eigenvalue weighted by Gasteiger charge is -2.18. The summed E-state index contributed by atoms with van der Waals surface area (Å²) in [7, 11) is 0. The van der Waals surface area contributed by atoms with Crippen molar-refractivity contribution in [3.63, 3.8) is 0 Å². The van der Waals surface area contributed by atoms with Gasteiger partial charge in [0.2, 0.25) is 0 Å². The Labute approximate surface area is 157 Å². The summed E-state index contributed by atoms with van der Waals surface area (Å²) in [6.07, 6.45) is 0.692. The maximum Gasteiger partial charge on any atom is 0.157 e. The first kappa shape index (κ1) is 17.1. The number of hydrogen-bond donors (Lipinski definition) is 2. The zero-order valence-electron chi connectivity index (χ0n) is 15.1. The number of imidazole rings is 1. The summed E-state index contributed by atoms with van der Waals surface area (Å²) in [5.74, 6) is 0.883. The van der Waals surface area contributed by atoms with Gasteiger partial charge in [0, 0.05) is 18.5 Å². The van der Waals surface area contributed by atoms with Gasteiger partial charge in [-0.3, -0.25) is 4.40 Å². The van der Waals surface area contributed by atoms with Crippen LogP contribution in [-0.4, -0.2) is 27.6 Å². The fourth-order valence-corrected chi connectivity index (χ4v) is 3.56. The molecule has 0 atom stereocenters. The molecule has 5 heteroatoms. The van der Waals surface area contributed by atoms with Crippen molar-refractivity contribution >= 4 is 22.5 Å². The highest BCUT2D eigenvalue weighted by Gasteiger charge is 2.20. The monoisotopic (exact) mass is 356 g/mol. The first-order chi connectivity index (χ1) is 13.2. The second-order valence-corrected chi connectivity index (χ2v) is 6.51. The van der Waals surface area contributed by atoms with Gasteiger partial charge in [0.05, 0.1) is 23.2 Å². The van der Waals surface area contributed by atoms with Crippen molar-refractivity contribution in [1.82, 2.24) is 9.38 Å². The standard InChI is InChI=1S/C22H20N4O/c1-15-17(13-16-7-3-2-4-8-16)21(24-11-12-27)26-20-10-6-5-9-19(20)25-22(26)18(15)14-23/h2-10,24,27H,11-13H2,1H3. The van der Waals surface area contributed by atoms with Crippen molar-refractivity contribution in [3.05, 3.63) is 76.9 Å². The number of benzene rings is 2. The van der Waals surface area contributed by atoms with E-state index < -0.39 is 0 Å². The van der Waals surface area contributed by atoms with Crippen molar-refractivity contribution in [2.45, 2.75) is 13.3 Å². The molecule has 0 aliphatic carbocycles. The molecule has 2 aromatic carbocycles. The summed E-state index contributed by atoms with van der Waals surface area (Å²) in [5, 5.41) is 22.6. The molecular formula is C22H20N4O. The molecule has 2 N–H and O–H groups in total. The number of aliphatic hydroxyl groups excluding tert-OH is 1. The maximum absolute atomic E-state index is 9.84. The Balaban J connectivity index is 2.06. The molecular weight excluding hydrogens is 336 g/mol. The Morgan fingerprint density at radius 2 is 1.85 bits per heavy atom. The molecule has 0 aliphatic heterocycles. The van der Waals surface area contributed by atoms with Crippen LogP contribution in [-0.2, 0) is 6.42 Å². The van der Waals surface area contributed by atoms with E-state index in [1.165, 1.54) is 5.56 Å². The normalized spacial score (nSPS) is 11.0. The minimum Gasteiger partial charge on any atom is -0.395 e. The van der Waals surface area contributed by atoms with Gasteiger partial charge in [0.15, 0.2) is 5.65 Å². The topological polar surface area (TPSA) is 73.3 Å². The number of aliphatic hydroxyl groups is 1. The van der Waals surface area contributed by atoms with E-state index in [9.17, 15) is 10.4 Å². The Morgan fingerprint density at radius 1 is 1.11 bits per heavy atom. The van der Waals surface area contributed by atoms with Gasteiger partial charge in [0.25, 0.3) is 0 Å². The first-order valence-electron chi connectivity index (χ1n) is 8.96. The minimum absolute atomic E-state index is 0.0257. The molecule has 4 aromatic rings. The molecule has 0 saturated carbocycles. The highest BCUT2D eigenvalue weighted by molar-refractivity contribution is 5.86. The van der Waals surface area contributed by atoms with Crippen LogP contribution in [0.2, 0.25) is 0 Å². The number of hydrogen-bond acceptors (Lipinski definition) is 4. The van der Waals surface area contributed by atoms with Gasteiger partial charge in [-0.25, -0.2) is 4.98 Å². The van der Waals surface area contributed by atoms with Crippen LogP contribution in [0.15, 0.2) is 54.6 Å². The van der Waals surface area contributed by atoms with E-state index in [4.69, 9.17) is 4.98 Å². The molecule has 0 bridgehead atoms. The van der Waals surface area contributed by atoms with Crippen LogP contribution in [0.5, 0.6) is 0 Å². The van der Waals surface area contributed by atoms with Crippen LogP contribution in [0.1, 0.15) is 22.3 Å². The Kier molecular flexibility index (Phi) is 4.49.